The molecular weight excluding hydrogens is 198 g/mol. The summed E-state index contributed by atoms with van der Waals surface area (Å²) in [5, 5.41) is 0. The molecule has 3 nitrogen and oxygen atoms in total. The lowest BCUT2D eigenvalue weighted by Crippen LogP contribution is -2.15. The van der Waals surface area contributed by atoms with Gasteiger partial charge in [-0.15, -0.1) is 0 Å². The summed E-state index contributed by atoms with van der Waals surface area (Å²) in [5.41, 5.74) is 8.19. The number of benzene rings is 1. The fraction of sp³-hybridized carbons (Fsp3) is 0.462. The first-order chi connectivity index (χ1) is 7.59. The third kappa shape index (κ3) is 1.95. The molecule has 0 amide bonds. The molecule has 0 radical (unpaired) electrons. The molecule has 2 rings (SSSR count). The second kappa shape index (κ2) is 4.26. The molecule has 1 aromatic heterocycles. The zero-order valence-corrected chi connectivity index (χ0v) is 10.1. The Kier molecular flexibility index (Phi) is 2.97. The van der Waals surface area contributed by atoms with Crippen molar-refractivity contribution in [2.45, 2.75) is 33.4 Å². The number of imidazole rings is 1. The van der Waals surface area contributed by atoms with Gasteiger partial charge in [0.25, 0.3) is 0 Å². The topological polar surface area (TPSA) is 43.8 Å². The maximum atomic E-state index is 5.97. The molecule has 86 valence electrons. The average Bonchev–Trinajstić information content (AvgIpc) is 2.57. The van der Waals surface area contributed by atoms with Crippen LogP contribution in [0.3, 0.4) is 0 Å². The summed E-state index contributed by atoms with van der Waals surface area (Å²) in [5.74, 6) is 1.57. The Bertz CT molecular complexity index is 483. The van der Waals surface area contributed by atoms with E-state index >= 15 is 0 Å². The molecule has 1 unspecified atom stereocenters. The van der Waals surface area contributed by atoms with Crippen molar-refractivity contribution in [1.29, 1.82) is 0 Å². The van der Waals surface area contributed by atoms with Crippen molar-refractivity contribution < 1.29 is 0 Å². The minimum Gasteiger partial charge on any atom is -0.326 e. The highest BCUT2D eigenvalue weighted by atomic mass is 15.1. The summed E-state index contributed by atoms with van der Waals surface area (Å²) in [6.45, 7) is 7.37. The molecule has 0 saturated heterocycles. The lowest BCUT2D eigenvalue weighted by molar-refractivity contribution is 0.505. The van der Waals surface area contributed by atoms with Crippen molar-refractivity contribution in [2.24, 2.45) is 11.7 Å². The normalized spacial score (nSPS) is 13.6. The Morgan fingerprint density at radius 1 is 1.25 bits per heavy atom. The van der Waals surface area contributed by atoms with E-state index < -0.39 is 0 Å². The van der Waals surface area contributed by atoms with Crippen LogP contribution in [-0.4, -0.2) is 9.55 Å². The van der Waals surface area contributed by atoms with Crippen LogP contribution in [0, 0.1) is 5.92 Å². The predicted molar refractivity (Wildman–Crippen MR) is 67.2 cm³/mol. The first kappa shape index (κ1) is 11.1. The summed E-state index contributed by atoms with van der Waals surface area (Å²) in [7, 11) is 0. The number of rotatable bonds is 3. The van der Waals surface area contributed by atoms with Gasteiger partial charge >= 0.3 is 0 Å². The lowest BCUT2D eigenvalue weighted by Gasteiger charge is -2.13. The van der Waals surface area contributed by atoms with Gasteiger partial charge in [-0.2, -0.15) is 0 Å². The maximum Gasteiger partial charge on any atom is 0.126 e. The van der Waals surface area contributed by atoms with E-state index in [4.69, 9.17) is 5.73 Å². The molecule has 1 aromatic carbocycles. The van der Waals surface area contributed by atoms with Gasteiger partial charge in [-0.3, -0.25) is 0 Å². The minimum atomic E-state index is -0.0221. The summed E-state index contributed by atoms with van der Waals surface area (Å²) in [6, 6.07) is 8.19. The van der Waals surface area contributed by atoms with E-state index in [1.54, 1.807) is 0 Å². The van der Waals surface area contributed by atoms with Crippen LogP contribution < -0.4 is 5.73 Å². The SMILES string of the molecule is CC(C)Cn1c(C(C)N)nc2ccccc21. The van der Waals surface area contributed by atoms with Crippen LogP contribution in [0.5, 0.6) is 0 Å². The van der Waals surface area contributed by atoms with Gasteiger partial charge in [0.15, 0.2) is 0 Å². The molecule has 3 heteroatoms. The van der Waals surface area contributed by atoms with Crippen molar-refractivity contribution in [3.63, 3.8) is 0 Å². The quantitative estimate of drug-likeness (QED) is 0.859. The van der Waals surface area contributed by atoms with Gasteiger partial charge in [0, 0.05) is 6.54 Å². The number of hydrogen-bond acceptors (Lipinski definition) is 2. The van der Waals surface area contributed by atoms with Gasteiger partial charge in [0.05, 0.1) is 17.1 Å². The molecule has 0 aliphatic rings. The number of hydrogen-bond donors (Lipinski definition) is 1. The van der Waals surface area contributed by atoms with Crippen molar-refractivity contribution in [2.75, 3.05) is 0 Å². The van der Waals surface area contributed by atoms with E-state index in [-0.39, 0.29) is 6.04 Å². The van der Waals surface area contributed by atoms with Gasteiger partial charge in [-0.05, 0) is 25.0 Å². The van der Waals surface area contributed by atoms with Crippen LogP contribution in [0.2, 0.25) is 0 Å². The van der Waals surface area contributed by atoms with Crippen LogP contribution in [0.1, 0.15) is 32.6 Å². The summed E-state index contributed by atoms with van der Waals surface area (Å²) < 4.78 is 2.24. The third-order valence-corrected chi connectivity index (χ3v) is 2.64. The van der Waals surface area contributed by atoms with Crippen LogP contribution >= 0.6 is 0 Å². The van der Waals surface area contributed by atoms with Crippen molar-refractivity contribution in [1.82, 2.24) is 9.55 Å². The van der Waals surface area contributed by atoms with Crippen molar-refractivity contribution in [3.05, 3.63) is 30.1 Å². The molecule has 0 bridgehead atoms. The van der Waals surface area contributed by atoms with Gasteiger partial charge in [-0.25, -0.2) is 4.98 Å². The summed E-state index contributed by atoms with van der Waals surface area (Å²) >= 11 is 0. The van der Waals surface area contributed by atoms with Crippen LogP contribution in [0.25, 0.3) is 11.0 Å². The maximum absolute atomic E-state index is 5.97. The summed E-state index contributed by atoms with van der Waals surface area (Å²) in [4.78, 5) is 4.60. The highest BCUT2D eigenvalue weighted by Crippen LogP contribution is 2.20. The monoisotopic (exact) mass is 217 g/mol. The first-order valence-corrected chi connectivity index (χ1v) is 5.80. The third-order valence-electron chi connectivity index (χ3n) is 2.64. The molecule has 0 spiro atoms. The van der Waals surface area contributed by atoms with Gasteiger partial charge in [0.1, 0.15) is 5.82 Å². The number of nitrogens with two attached hydrogens (primary N) is 1. The van der Waals surface area contributed by atoms with E-state index in [0.717, 1.165) is 17.9 Å². The number of nitrogens with zero attached hydrogens (tertiary/aromatic N) is 2. The second-order valence-electron chi connectivity index (χ2n) is 4.75. The Labute approximate surface area is 96.3 Å². The number of para-hydroxylation sites is 2. The fourth-order valence-electron chi connectivity index (χ4n) is 2.00. The van der Waals surface area contributed by atoms with Crippen molar-refractivity contribution >= 4 is 11.0 Å². The molecule has 0 aliphatic carbocycles. The highest BCUT2D eigenvalue weighted by molar-refractivity contribution is 5.76. The molecular formula is C13H19N3. The largest absolute Gasteiger partial charge is 0.326 e. The molecule has 1 atom stereocenters. The molecule has 1 heterocycles. The predicted octanol–water partition coefficient (Wildman–Crippen LogP) is 2.71. The molecule has 2 aromatic rings. The minimum absolute atomic E-state index is 0.0221. The zero-order chi connectivity index (χ0) is 11.7. The highest BCUT2D eigenvalue weighted by Gasteiger charge is 2.13. The average molecular weight is 217 g/mol. The molecule has 0 aliphatic heterocycles. The second-order valence-corrected chi connectivity index (χ2v) is 4.75. The Morgan fingerprint density at radius 2 is 1.94 bits per heavy atom. The number of fused-ring (bicyclic) bond motifs is 1. The first-order valence-electron chi connectivity index (χ1n) is 5.80. The van der Waals surface area contributed by atoms with E-state index in [0.29, 0.717) is 5.92 Å². The molecule has 0 fully saturated rings. The molecule has 2 N–H and O–H groups in total. The Hall–Kier alpha value is -1.35. The number of aromatic nitrogens is 2. The summed E-state index contributed by atoms with van der Waals surface area (Å²) in [6.07, 6.45) is 0. The van der Waals surface area contributed by atoms with Crippen LogP contribution in [0.15, 0.2) is 24.3 Å². The Morgan fingerprint density at radius 3 is 2.56 bits per heavy atom. The molecule has 0 saturated carbocycles. The lowest BCUT2D eigenvalue weighted by atomic mass is 10.2. The van der Waals surface area contributed by atoms with Gasteiger partial charge in [-0.1, -0.05) is 26.0 Å². The fourth-order valence-corrected chi connectivity index (χ4v) is 2.00. The Balaban J connectivity index is 2.60. The molecule has 16 heavy (non-hydrogen) atoms. The smallest absolute Gasteiger partial charge is 0.126 e. The standard InChI is InChI=1S/C13H19N3/c1-9(2)8-16-12-7-5-4-6-11(12)15-13(16)10(3)14/h4-7,9-10H,8,14H2,1-3H3. The van der Waals surface area contributed by atoms with Crippen molar-refractivity contribution in [3.8, 4) is 0 Å². The van der Waals surface area contributed by atoms with E-state index in [1.807, 2.05) is 25.1 Å². The van der Waals surface area contributed by atoms with Gasteiger partial charge in [0.2, 0.25) is 0 Å². The van der Waals surface area contributed by atoms with Crippen LogP contribution in [-0.2, 0) is 6.54 Å². The van der Waals surface area contributed by atoms with E-state index in [2.05, 4.69) is 29.5 Å². The van der Waals surface area contributed by atoms with E-state index in [9.17, 15) is 0 Å². The zero-order valence-electron chi connectivity index (χ0n) is 10.1. The van der Waals surface area contributed by atoms with Crippen LogP contribution in [0.4, 0.5) is 0 Å². The van der Waals surface area contributed by atoms with E-state index in [1.165, 1.54) is 5.52 Å². The van der Waals surface area contributed by atoms with Gasteiger partial charge < -0.3 is 10.3 Å².